The number of benzene rings is 1. The van der Waals surface area contributed by atoms with Gasteiger partial charge in [0.15, 0.2) is 5.82 Å². The number of amides is 1. The molecule has 0 saturated carbocycles. The van der Waals surface area contributed by atoms with E-state index in [2.05, 4.69) is 60.8 Å². The van der Waals surface area contributed by atoms with Crippen molar-refractivity contribution in [2.24, 2.45) is 0 Å². The van der Waals surface area contributed by atoms with Crippen molar-refractivity contribution in [1.29, 1.82) is 0 Å². The van der Waals surface area contributed by atoms with E-state index in [1.807, 2.05) is 40.0 Å². The van der Waals surface area contributed by atoms with Gasteiger partial charge in [-0.2, -0.15) is 0 Å². The topological polar surface area (TPSA) is 105 Å². The molecule has 0 radical (unpaired) electrons. The molecule has 4 heterocycles. The zero-order valence-corrected chi connectivity index (χ0v) is 22.6. The van der Waals surface area contributed by atoms with Crippen LogP contribution in [0.2, 0.25) is 0 Å². The van der Waals surface area contributed by atoms with Crippen LogP contribution in [0.3, 0.4) is 0 Å². The van der Waals surface area contributed by atoms with Crippen LogP contribution in [0.15, 0.2) is 53.3 Å². The third-order valence-electron chi connectivity index (χ3n) is 6.78. The summed E-state index contributed by atoms with van der Waals surface area (Å²) in [6.07, 6.45) is 4.55. The average Bonchev–Trinajstić information content (AvgIpc) is 3.52. The highest BCUT2D eigenvalue weighted by Crippen LogP contribution is 2.26. The normalized spacial score (nSPS) is 14.9. The average molecular weight is 515 g/mol. The summed E-state index contributed by atoms with van der Waals surface area (Å²) >= 11 is 0. The Morgan fingerprint density at radius 3 is 2.71 bits per heavy atom. The predicted octanol–water partition coefficient (Wildman–Crippen LogP) is 4.32. The molecule has 3 aromatic heterocycles. The van der Waals surface area contributed by atoms with Crippen molar-refractivity contribution in [2.45, 2.75) is 39.5 Å². The van der Waals surface area contributed by atoms with Crippen LogP contribution in [0.5, 0.6) is 0 Å². The Balaban J connectivity index is 1.35. The number of aromatic nitrogens is 5. The van der Waals surface area contributed by atoms with Crippen LogP contribution in [0.1, 0.15) is 49.0 Å². The van der Waals surface area contributed by atoms with Crippen LogP contribution in [0, 0.1) is 6.92 Å². The lowest BCUT2D eigenvalue weighted by Gasteiger charge is -2.23. The number of hydrogen-bond donors (Lipinski definition) is 1. The maximum Gasteiger partial charge on any atom is 0.258 e. The zero-order valence-electron chi connectivity index (χ0n) is 22.6. The van der Waals surface area contributed by atoms with Gasteiger partial charge in [-0.25, -0.2) is 4.68 Å². The van der Waals surface area contributed by atoms with Crippen molar-refractivity contribution < 1.29 is 9.32 Å². The molecular weight excluding hydrogens is 480 g/mol. The summed E-state index contributed by atoms with van der Waals surface area (Å²) in [6, 6.07) is 11.9. The first kappa shape index (κ1) is 25.6. The summed E-state index contributed by atoms with van der Waals surface area (Å²) in [5.41, 5.74) is 4.53. The SMILES string of the molecule is Cc1ncc(C(=O)Nc2cc(C(C)(C)C)on2)cc1-n1cc(-c2cccc(N3CCCN(C)CC3)c2)nn1. The van der Waals surface area contributed by atoms with Crippen LogP contribution in [-0.4, -0.2) is 69.2 Å². The largest absolute Gasteiger partial charge is 0.370 e. The number of anilines is 2. The molecule has 4 aromatic rings. The van der Waals surface area contributed by atoms with E-state index in [-0.39, 0.29) is 11.3 Å². The highest BCUT2D eigenvalue weighted by atomic mass is 16.5. The van der Waals surface area contributed by atoms with E-state index in [1.54, 1.807) is 23.0 Å². The number of pyridine rings is 1. The first-order chi connectivity index (χ1) is 18.2. The molecule has 1 N–H and O–H groups in total. The van der Waals surface area contributed by atoms with Gasteiger partial charge in [0.2, 0.25) is 0 Å². The fourth-order valence-electron chi connectivity index (χ4n) is 4.43. The molecule has 1 aliphatic rings. The molecule has 38 heavy (non-hydrogen) atoms. The molecule has 0 aliphatic carbocycles. The van der Waals surface area contributed by atoms with E-state index in [0.717, 1.165) is 49.6 Å². The van der Waals surface area contributed by atoms with Gasteiger partial charge in [0.05, 0.1) is 23.1 Å². The molecule has 5 rings (SSSR count). The van der Waals surface area contributed by atoms with Crippen molar-refractivity contribution >= 4 is 17.4 Å². The molecule has 10 nitrogen and oxygen atoms in total. The number of rotatable bonds is 5. The van der Waals surface area contributed by atoms with Crippen molar-refractivity contribution in [3.05, 3.63) is 65.8 Å². The molecule has 1 fully saturated rings. The molecule has 1 aliphatic heterocycles. The van der Waals surface area contributed by atoms with Crippen molar-refractivity contribution in [3.8, 4) is 16.9 Å². The van der Waals surface area contributed by atoms with Gasteiger partial charge in [0.25, 0.3) is 5.91 Å². The number of likely N-dealkylation sites (N-methyl/N-ethyl adjacent to an activating group) is 1. The molecule has 10 heteroatoms. The van der Waals surface area contributed by atoms with Crippen molar-refractivity contribution in [1.82, 2.24) is 30.0 Å². The molecule has 0 atom stereocenters. The quantitative estimate of drug-likeness (QED) is 0.420. The predicted molar refractivity (Wildman–Crippen MR) is 147 cm³/mol. The second kappa shape index (κ2) is 10.4. The molecule has 1 saturated heterocycles. The number of nitrogens with one attached hydrogen (secondary N) is 1. The van der Waals surface area contributed by atoms with Crippen LogP contribution in [0.4, 0.5) is 11.5 Å². The monoisotopic (exact) mass is 514 g/mol. The number of hydrogen-bond acceptors (Lipinski definition) is 8. The Bertz CT molecular complexity index is 1430. The standard InChI is InChI=1S/C28H34N8O2/c1-19-24(15-21(17-29-19)27(37)30-26-16-25(38-32-26)28(2,3)4)36-18-23(31-33-36)20-8-6-9-22(14-20)35-11-7-10-34(5)12-13-35/h6,8-9,14-18H,7,10-13H2,1-5H3,(H,30,32,37). The van der Waals surface area contributed by atoms with Gasteiger partial charge < -0.3 is 19.6 Å². The van der Waals surface area contributed by atoms with E-state index in [1.165, 1.54) is 5.69 Å². The van der Waals surface area contributed by atoms with Gasteiger partial charge in [-0.05, 0) is 45.1 Å². The minimum absolute atomic E-state index is 0.206. The summed E-state index contributed by atoms with van der Waals surface area (Å²) in [5, 5.41) is 15.5. The minimum Gasteiger partial charge on any atom is -0.370 e. The Morgan fingerprint density at radius 1 is 1.08 bits per heavy atom. The van der Waals surface area contributed by atoms with Crippen LogP contribution in [0.25, 0.3) is 16.9 Å². The van der Waals surface area contributed by atoms with Gasteiger partial charge in [-0.15, -0.1) is 5.10 Å². The molecule has 1 amide bonds. The first-order valence-electron chi connectivity index (χ1n) is 12.9. The fourth-order valence-corrected chi connectivity index (χ4v) is 4.43. The highest BCUT2D eigenvalue weighted by molar-refractivity contribution is 6.03. The fraction of sp³-hybridized carbons (Fsp3) is 0.393. The Kier molecular flexibility index (Phi) is 6.98. The third-order valence-corrected chi connectivity index (χ3v) is 6.78. The number of carbonyl (C=O) groups is 1. The van der Waals surface area contributed by atoms with Crippen molar-refractivity contribution in [2.75, 3.05) is 43.4 Å². The summed E-state index contributed by atoms with van der Waals surface area (Å²) in [4.78, 5) is 22.2. The smallest absolute Gasteiger partial charge is 0.258 e. The van der Waals surface area contributed by atoms with E-state index in [9.17, 15) is 4.79 Å². The van der Waals surface area contributed by atoms with Crippen LogP contribution >= 0.6 is 0 Å². The van der Waals surface area contributed by atoms with Crippen LogP contribution in [-0.2, 0) is 5.41 Å². The Labute approximate surface area is 222 Å². The van der Waals surface area contributed by atoms with Crippen molar-refractivity contribution in [3.63, 3.8) is 0 Å². The highest BCUT2D eigenvalue weighted by Gasteiger charge is 2.21. The van der Waals surface area contributed by atoms with Gasteiger partial charge in [-0.1, -0.05) is 43.3 Å². The van der Waals surface area contributed by atoms with Gasteiger partial charge in [-0.3, -0.25) is 9.78 Å². The number of carbonyl (C=O) groups excluding carboxylic acids is 1. The Morgan fingerprint density at radius 2 is 1.92 bits per heavy atom. The number of nitrogens with zero attached hydrogens (tertiary/aromatic N) is 7. The molecular formula is C28H34N8O2. The lowest BCUT2D eigenvalue weighted by Crippen LogP contribution is -2.28. The maximum atomic E-state index is 12.9. The van der Waals surface area contributed by atoms with E-state index in [0.29, 0.717) is 22.8 Å². The van der Waals surface area contributed by atoms with Gasteiger partial charge in [0, 0.05) is 48.6 Å². The minimum atomic E-state index is -0.330. The summed E-state index contributed by atoms with van der Waals surface area (Å²) in [7, 11) is 2.17. The zero-order chi connectivity index (χ0) is 26.9. The summed E-state index contributed by atoms with van der Waals surface area (Å²) in [6.45, 7) is 12.1. The van der Waals surface area contributed by atoms with Crippen LogP contribution < -0.4 is 10.2 Å². The summed E-state index contributed by atoms with van der Waals surface area (Å²) in [5.74, 6) is 0.725. The lowest BCUT2D eigenvalue weighted by molar-refractivity contribution is 0.102. The first-order valence-corrected chi connectivity index (χ1v) is 12.9. The Hall–Kier alpha value is -4.05. The van der Waals surface area contributed by atoms with Gasteiger partial charge in [0.1, 0.15) is 11.5 Å². The second-order valence-electron chi connectivity index (χ2n) is 10.9. The lowest BCUT2D eigenvalue weighted by atomic mass is 9.93. The van der Waals surface area contributed by atoms with E-state index < -0.39 is 0 Å². The van der Waals surface area contributed by atoms with E-state index >= 15 is 0 Å². The number of aryl methyl sites for hydroxylation is 1. The molecule has 0 spiro atoms. The molecule has 0 unspecified atom stereocenters. The molecule has 0 bridgehead atoms. The molecule has 198 valence electrons. The van der Waals surface area contributed by atoms with Gasteiger partial charge >= 0.3 is 0 Å². The maximum absolute atomic E-state index is 12.9. The molecule has 1 aromatic carbocycles. The third kappa shape index (κ3) is 5.60. The second-order valence-corrected chi connectivity index (χ2v) is 10.9. The van der Waals surface area contributed by atoms with E-state index in [4.69, 9.17) is 4.52 Å². The summed E-state index contributed by atoms with van der Waals surface area (Å²) < 4.78 is 7.04.